The first-order valence-electron chi connectivity index (χ1n) is 9.26. The van der Waals surface area contributed by atoms with Crippen LogP contribution in [0.5, 0.6) is 0 Å². The lowest BCUT2D eigenvalue weighted by Gasteiger charge is -2.14. The summed E-state index contributed by atoms with van der Waals surface area (Å²) >= 11 is 0. The van der Waals surface area contributed by atoms with Gasteiger partial charge in [-0.2, -0.15) is 0 Å². The Morgan fingerprint density at radius 2 is 1.69 bits per heavy atom. The van der Waals surface area contributed by atoms with Crippen LogP contribution in [0.4, 0.5) is 5.69 Å². The van der Waals surface area contributed by atoms with Crippen molar-refractivity contribution in [2.75, 3.05) is 11.9 Å². The van der Waals surface area contributed by atoms with E-state index in [1.165, 1.54) is 6.92 Å². The molecule has 0 fully saturated rings. The molecule has 0 spiro atoms. The molecule has 0 aliphatic carbocycles. The van der Waals surface area contributed by atoms with Gasteiger partial charge >= 0.3 is 5.97 Å². The van der Waals surface area contributed by atoms with Crippen LogP contribution in [0.2, 0.25) is 0 Å². The molecule has 0 aromatic heterocycles. The number of hydrogen-bond donors (Lipinski definition) is 2. The van der Waals surface area contributed by atoms with Gasteiger partial charge in [0.25, 0.3) is 11.8 Å². The number of carbonyl (C=O) groups excluding carboxylic acids is 3. The minimum atomic E-state index is -0.986. The maximum absolute atomic E-state index is 12.3. The predicted molar refractivity (Wildman–Crippen MR) is 112 cm³/mol. The van der Waals surface area contributed by atoms with E-state index in [0.717, 1.165) is 16.3 Å². The van der Waals surface area contributed by atoms with Gasteiger partial charge in [0.1, 0.15) is 6.54 Å². The minimum absolute atomic E-state index is 0.326. The summed E-state index contributed by atoms with van der Waals surface area (Å²) in [6, 6.07) is 20.3. The average molecular weight is 390 g/mol. The fraction of sp³-hybridized carbons (Fsp3) is 0.174. The topological polar surface area (TPSA) is 84.5 Å². The second-order valence-electron chi connectivity index (χ2n) is 6.74. The second-order valence-corrected chi connectivity index (χ2v) is 6.74. The zero-order valence-corrected chi connectivity index (χ0v) is 16.3. The monoisotopic (exact) mass is 390 g/mol. The number of esters is 1. The molecule has 2 amide bonds. The van der Waals surface area contributed by atoms with Crippen LogP contribution < -0.4 is 10.6 Å². The number of nitrogens with one attached hydrogen (secondary N) is 2. The molecule has 0 radical (unpaired) electrons. The first kappa shape index (κ1) is 20.1. The number of amides is 2. The molecule has 6 heteroatoms. The molecule has 0 saturated heterocycles. The first-order chi connectivity index (χ1) is 13.9. The molecule has 3 aromatic rings. The van der Waals surface area contributed by atoms with Gasteiger partial charge in [0.15, 0.2) is 6.10 Å². The molecule has 0 heterocycles. The van der Waals surface area contributed by atoms with E-state index < -0.39 is 18.0 Å². The number of fused-ring (bicyclic) bond motifs is 1. The van der Waals surface area contributed by atoms with Gasteiger partial charge in [-0.1, -0.05) is 42.5 Å². The molecule has 1 atom stereocenters. The molecule has 29 heavy (non-hydrogen) atoms. The van der Waals surface area contributed by atoms with E-state index in [1.54, 1.807) is 18.2 Å². The third-order valence-corrected chi connectivity index (χ3v) is 4.37. The van der Waals surface area contributed by atoms with Crippen molar-refractivity contribution in [2.24, 2.45) is 0 Å². The Bertz CT molecular complexity index is 1060. The van der Waals surface area contributed by atoms with Crippen molar-refractivity contribution >= 4 is 34.2 Å². The number of aryl methyl sites for hydroxylation is 1. The van der Waals surface area contributed by atoms with Gasteiger partial charge in [0.05, 0.1) is 0 Å². The summed E-state index contributed by atoms with van der Waals surface area (Å²) in [6.07, 6.45) is -0.986. The van der Waals surface area contributed by atoms with Crippen molar-refractivity contribution in [1.82, 2.24) is 5.32 Å². The molecule has 0 aliphatic rings. The van der Waals surface area contributed by atoms with Crippen LogP contribution in [0.15, 0.2) is 66.7 Å². The average Bonchev–Trinajstić information content (AvgIpc) is 2.71. The number of benzene rings is 3. The maximum atomic E-state index is 12.3. The summed E-state index contributed by atoms with van der Waals surface area (Å²) < 4.78 is 5.11. The van der Waals surface area contributed by atoms with Crippen molar-refractivity contribution < 1.29 is 19.1 Å². The van der Waals surface area contributed by atoms with Crippen molar-refractivity contribution in [1.29, 1.82) is 0 Å². The summed E-state index contributed by atoms with van der Waals surface area (Å²) in [7, 11) is 0. The van der Waals surface area contributed by atoms with E-state index in [2.05, 4.69) is 10.6 Å². The van der Waals surface area contributed by atoms with Crippen LogP contribution in [-0.4, -0.2) is 30.4 Å². The van der Waals surface area contributed by atoms with Crippen molar-refractivity contribution in [3.8, 4) is 0 Å². The van der Waals surface area contributed by atoms with Crippen LogP contribution in [-0.2, 0) is 14.3 Å². The van der Waals surface area contributed by atoms with Gasteiger partial charge in [-0.05, 0) is 54.4 Å². The Balaban J connectivity index is 1.50. The number of anilines is 1. The second kappa shape index (κ2) is 9.01. The van der Waals surface area contributed by atoms with E-state index in [1.807, 2.05) is 55.5 Å². The quantitative estimate of drug-likeness (QED) is 0.632. The Hall–Kier alpha value is -3.67. The van der Waals surface area contributed by atoms with Gasteiger partial charge in [0.2, 0.25) is 0 Å². The predicted octanol–water partition coefficient (Wildman–Crippen LogP) is 3.45. The lowest BCUT2D eigenvalue weighted by Crippen LogP contribution is -2.35. The van der Waals surface area contributed by atoms with E-state index in [4.69, 9.17) is 4.74 Å². The van der Waals surface area contributed by atoms with Crippen LogP contribution in [0, 0.1) is 6.92 Å². The van der Waals surface area contributed by atoms with Crippen molar-refractivity contribution in [3.05, 3.63) is 77.9 Å². The molecule has 0 aliphatic heterocycles. The Labute approximate surface area is 168 Å². The number of rotatable bonds is 6. The third-order valence-electron chi connectivity index (χ3n) is 4.37. The number of carbonyl (C=O) groups is 3. The third kappa shape index (κ3) is 5.42. The Kier molecular flexibility index (Phi) is 6.24. The van der Waals surface area contributed by atoms with E-state index in [0.29, 0.717) is 11.3 Å². The lowest BCUT2D eigenvalue weighted by atomic mass is 10.1. The summed E-state index contributed by atoms with van der Waals surface area (Å²) in [5.41, 5.74) is 2.08. The molecular weight excluding hydrogens is 368 g/mol. The minimum Gasteiger partial charge on any atom is -0.451 e. The van der Waals surface area contributed by atoms with Gasteiger partial charge in [-0.25, -0.2) is 0 Å². The van der Waals surface area contributed by atoms with Crippen LogP contribution in [0.1, 0.15) is 22.8 Å². The highest BCUT2D eigenvalue weighted by Gasteiger charge is 2.18. The zero-order valence-electron chi connectivity index (χ0n) is 16.3. The van der Waals surface area contributed by atoms with Crippen LogP contribution >= 0.6 is 0 Å². The van der Waals surface area contributed by atoms with Gasteiger partial charge in [-0.3, -0.25) is 14.4 Å². The summed E-state index contributed by atoms with van der Waals surface area (Å²) in [4.78, 5) is 36.5. The van der Waals surface area contributed by atoms with Gasteiger partial charge in [-0.15, -0.1) is 0 Å². The normalized spacial score (nSPS) is 11.5. The molecule has 2 N–H and O–H groups in total. The highest BCUT2D eigenvalue weighted by molar-refractivity contribution is 6.00. The molecule has 3 aromatic carbocycles. The molecule has 148 valence electrons. The molecule has 0 unspecified atom stereocenters. The Morgan fingerprint density at radius 3 is 2.45 bits per heavy atom. The lowest BCUT2D eigenvalue weighted by molar-refractivity contribution is -0.152. The van der Waals surface area contributed by atoms with E-state index >= 15 is 0 Å². The van der Waals surface area contributed by atoms with Crippen molar-refractivity contribution in [3.63, 3.8) is 0 Å². The molecule has 0 bridgehead atoms. The SMILES string of the molecule is Cc1cccc(NC(=O)[C@@H](C)OC(=O)CNC(=O)c2ccc3ccccc3c2)c1. The highest BCUT2D eigenvalue weighted by atomic mass is 16.5. The number of hydrogen-bond acceptors (Lipinski definition) is 4. The molecular formula is C23H22N2O4. The molecule has 3 rings (SSSR count). The summed E-state index contributed by atoms with van der Waals surface area (Å²) in [5.74, 6) is -1.51. The van der Waals surface area contributed by atoms with Crippen LogP contribution in [0.25, 0.3) is 10.8 Å². The standard InChI is InChI=1S/C23H22N2O4/c1-15-6-5-9-20(12-15)25-22(27)16(2)29-21(26)14-24-23(28)19-11-10-17-7-3-4-8-18(17)13-19/h3-13,16H,14H2,1-2H3,(H,24,28)(H,25,27)/t16-/m1/s1. The maximum Gasteiger partial charge on any atom is 0.326 e. The fourth-order valence-corrected chi connectivity index (χ4v) is 2.84. The van der Waals surface area contributed by atoms with Gasteiger partial charge < -0.3 is 15.4 Å². The molecule has 0 saturated carbocycles. The largest absolute Gasteiger partial charge is 0.451 e. The first-order valence-corrected chi connectivity index (χ1v) is 9.26. The molecule has 6 nitrogen and oxygen atoms in total. The zero-order chi connectivity index (χ0) is 20.8. The smallest absolute Gasteiger partial charge is 0.326 e. The van der Waals surface area contributed by atoms with Crippen LogP contribution in [0.3, 0.4) is 0 Å². The van der Waals surface area contributed by atoms with E-state index in [9.17, 15) is 14.4 Å². The summed E-state index contributed by atoms with van der Waals surface area (Å²) in [6.45, 7) is 3.07. The Morgan fingerprint density at radius 1 is 0.931 bits per heavy atom. The number of ether oxygens (including phenoxy) is 1. The summed E-state index contributed by atoms with van der Waals surface area (Å²) in [5, 5.41) is 7.17. The highest BCUT2D eigenvalue weighted by Crippen LogP contribution is 2.15. The van der Waals surface area contributed by atoms with Gasteiger partial charge in [0, 0.05) is 11.3 Å². The van der Waals surface area contributed by atoms with E-state index in [-0.39, 0.29) is 12.5 Å². The van der Waals surface area contributed by atoms with Crippen molar-refractivity contribution in [2.45, 2.75) is 20.0 Å². The fourth-order valence-electron chi connectivity index (χ4n) is 2.84.